The third-order valence-corrected chi connectivity index (χ3v) is 14.2. The summed E-state index contributed by atoms with van der Waals surface area (Å²) in [5.41, 5.74) is 1.07. The van der Waals surface area contributed by atoms with Gasteiger partial charge in [-0.3, -0.25) is 0 Å². The van der Waals surface area contributed by atoms with Gasteiger partial charge in [0, 0.05) is 15.8 Å². The van der Waals surface area contributed by atoms with E-state index in [2.05, 4.69) is 58.5 Å². The predicted octanol–water partition coefficient (Wildman–Crippen LogP) is 9.90. The lowest BCUT2D eigenvalue weighted by Crippen LogP contribution is -2.26. The van der Waals surface area contributed by atoms with E-state index >= 15 is 0 Å². The van der Waals surface area contributed by atoms with Crippen LogP contribution < -0.4 is 51.3 Å². The predicted molar refractivity (Wildman–Crippen MR) is 254 cm³/mol. The Bertz CT molecular complexity index is 2840. The Kier molecular flexibility index (Phi) is 11.9. The molecular weight excluding hydrogens is 835 g/mol. The molecule has 2 heterocycles. The number of para-hydroxylation sites is 2. The van der Waals surface area contributed by atoms with E-state index in [1.807, 2.05) is 170 Å². The van der Waals surface area contributed by atoms with Crippen molar-refractivity contribution in [1.29, 1.82) is 0 Å². The lowest BCUT2D eigenvalue weighted by Gasteiger charge is -2.18. The fourth-order valence-corrected chi connectivity index (χ4v) is 11.0. The summed E-state index contributed by atoms with van der Waals surface area (Å²) < 4.78 is 25.3. The van der Waals surface area contributed by atoms with Crippen LogP contribution in [0.5, 0.6) is 47.0 Å². The number of rotatable bonds is 14. The molecule has 0 bridgehead atoms. The van der Waals surface area contributed by atoms with Crippen molar-refractivity contribution in [3.63, 3.8) is 0 Å². The summed E-state index contributed by atoms with van der Waals surface area (Å²) in [7, 11) is -2.40. The van der Waals surface area contributed by atoms with Gasteiger partial charge >= 0.3 is 24.0 Å². The van der Waals surface area contributed by atoms with Gasteiger partial charge in [0.2, 0.25) is 0 Å². The molecule has 0 atom stereocenters. The average Bonchev–Trinajstić information content (AvgIpc) is 3.34. The average molecular weight is 871 g/mol. The topological polar surface area (TPSA) is 114 Å². The normalized spacial score (nSPS) is 11.1. The third-order valence-electron chi connectivity index (χ3n) is 9.73. The van der Waals surface area contributed by atoms with E-state index in [-0.39, 0.29) is 24.0 Å². The van der Waals surface area contributed by atoms with Crippen molar-refractivity contribution in [2.45, 2.75) is 0 Å². The second-order valence-electron chi connectivity index (χ2n) is 14.1. The maximum atomic E-state index is 6.46. The first kappa shape index (κ1) is 40.2. The maximum Gasteiger partial charge on any atom is 0.328 e. The minimum atomic E-state index is -1.20. The van der Waals surface area contributed by atoms with Gasteiger partial charge in [0.15, 0.2) is 11.1 Å². The van der Waals surface area contributed by atoms with E-state index in [4.69, 9.17) is 38.9 Å². The smallest absolute Gasteiger partial charge is 0.328 e. The van der Waals surface area contributed by atoms with Crippen LogP contribution >= 0.6 is 15.8 Å². The minimum absolute atomic E-state index is 0.0963. The lowest BCUT2D eigenvalue weighted by atomic mass is 10.1. The molecule has 10 nitrogen and oxygen atoms in total. The zero-order valence-corrected chi connectivity index (χ0v) is 35.8. The molecule has 0 aliphatic rings. The van der Waals surface area contributed by atoms with Gasteiger partial charge < -0.3 is 18.9 Å². The van der Waals surface area contributed by atoms with Gasteiger partial charge in [-0.15, -0.1) is 9.97 Å². The monoisotopic (exact) mass is 870 g/mol. The molecule has 0 fully saturated rings. The molecule has 0 aliphatic heterocycles. The zero-order valence-electron chi connectivity index (χ0n) is 34.0. The van der Waals surface area contributed by atoms with Crippen LogP contribution in [0.15, 0.2) is 218 Å². The van der Waals surface area contributed by atoms with E-state index in [0.717, 1.165) is 32.0 Å². The maximum absolute atomic E-state index is 6.46. The zero-order chi connectivity index (χ0) is 42.9. The van der Waals surface area contributed by atoms with E-state index < -0.39 is 15.8 Å². The SMILES string of the molecule is c1ccc(Oc2nc(Oc3ccc4ccc(Oc5nc(Oc6ccccc6)nc(P(c6ccccc6)c6ccccc6)n5)cc4c3)nc(P(c3ccccc3)c3ccccc3)n2)cc1. The van der Waals surface area contributed by atoms with Crippen LogP contribution in [-0.2, 0) is 0 Å². The molecule has 0 saturated heterocycles. The van der Waals surface area contributed by atoms with Crippen molar-refractivity contribution in [3.05, 3.63) is 218 Å². The quantitative estimate of drug-likeness (QED) is 0.0979. The van der Waals surface area contributed by atoms with E-state index in [9.17, 15) is 0 Å². The van der Waals surface area contributed by atoms with Gasteiger partial charge in [-0.1, -0.05) is 170 Å². The van der Waals surface area contributed by atoms with Gasteiger partial charge in [-0.05, 0) is 80.5 Å². The fraction of sp³-hybridized carbons (Fsp3) is 0. The van der Waals surface area contributed by atoms with Gasteiger partial charge in [0.05, 0.1) is 0 Å². The Hall–Kier alpha value is -7.90. The summed E-state index contributed by atoms with van der Waals surface area (Å²) >= 11 is 0. The van der Waals surface area contributed by atoms with Crippen LogP contribution in [0.2, 0.25) is 0 Å². The standard InChI is InChI=1S/C52H36N6O4P2/c1-7-19-39(20-8-1)59-47-53-49(57-51(55-47)63(43-23-11-3-12-24-43)44-25-13-4-14-26-44)61-41-33-31-37-32-34-42(36-38(37)35-41)62-50-54-48(60-40-21-9-2-10-22-40)56-52(58-50)64(45-27-15-5-16-28-45)46-29-17-6-18-30-46/h1-36H. The molecule has 0 saturated carbocycles. The molecule has 2 aromatic heterocycles. The van der Waals surface area contributed by atoms with Crippen molar-refractivity contribution in [1.82, 2.24) is 29.9 Å². The number of hydrogen-bond acceptors (Lipinski definition) is 10. The minimum Gasteiger partial charge on any atom is -0.424 e. The van der Waals surface area contributed by atoms with Gasteiger partial charge in [-0.25, -0.2) is 0 Å². The third kappa shape index (κ3) is 9.59. The lowest BCUT2D eigenvalue weighted by molar-refractivity contribution is 0.400. The molecule has 0 radical (unpaired) electrons. The Morgan fingerprint density at radius 1 is 0.250 bits per heavy atom. The Balaban J connectivity index is 0.996. The first-order valence-electron chi connectivity index (χ1n) is 20.3. The first-order valence-corrected chi connectivity index (χ1v) is 23.0. The van der Waals surface area contributed by atoms with Crippen molar-refractivity contribution < 1.29 is 18.9 Å². The van der Waals surface area contributed by atoms with Crippen LogP contribution in [0.3, 0.4) is 0 Å². The summed E-state index contributed by atoms with van der Waals surface area (Å²) in [6.07, 6.45) is 0. The first-order chi connectivity index (χ1) is 31.7. The number of fused-ring (bicyclic) bond motifs is 1. The number of ether oxygens (including phenoxy) is 4. The molecule has 64 heavy (non-hydrogen) atoms. The van der Waals surface area contributed by atoms with Crippen molar-refractivity contribution in [2.24, 2.45) is 0 Å². The second-order valence-corrected chi connectivity index (χ2v) is 18.3. The molecular formula is C52H36N6O4P2. The Morgan fingerprint density at radius 3 is 0.844 bits per heavy atom. The molecule has 0 aliphatic carbocycles. The summed E-state index contributed by atoms with van der Waals surface area (Å²) in [6, 6.07) is 71.6. The van der Waals surface area contributed by atoms with Crippen LogP contribution in [-0.4, -0.2) is 29.9 Å². The number of aromatic nitrogens is 6. The highest BCUT2D eigenvalue weighted by molar-refractivity contribution is 7.79. The van der Waals surface area contributed by atoms with Crippen LogP contribution in [0, 0.1) is 0 Å². The largest absolute Gasteiger partial charge is 0.424 e. The Morgan fingerprint density at radius 2 is 0.531 bits per heavy atom. The Labute approximate surface area is 371 Å². The summed E-state index contributed by atoms with van der Waals surface area (Å²) in [5, 5.41) is 6.10. The van der Waals surface area contributed by atoms with Crippen LogP contribution in [0.1, 0.15) is 0 Å². The number of benzene rings is 8. The summed E-state index contributed by atoms with van der Waals surface area (Å²) in [6.45, 7) is 0. The molecule has 0 spiro atoms. The summed E-state index contributed by atoms with van der Waals surface area (Å²) in [4.78, 5) is 28.9. The molecule has 10 aromatic rings. The highest BCUT2D eigenvalue weighted by atomic mass is 31.1. The highest BCUT2D eigenvalue weighted by Crippen LogP contribution is 2.36. The fourth-order valence-electron chi connectivity index (χ4n) is 6.84. The molecule has 0 unspecified atom stereocenters. The van der Waals surface area contributed by atoms with Crippen molar-refractivity contribution >= 4 is 59.0 Å². The van der Waals surface area contributed by atoms with Crippen LogP contribution in [0.25, 0.3) is 10.8 Å². The molecule has 308 valence electrons. The number of hydrogen-bond donors (Lipinski definition) is 0. The molecule has 10 rings (SSSR count). The van der Waals surface area contributed by atoms with E-state index in [0.29, 0.717) is 34.1 Å². The van der Waals surface area contributed by atoms with Gasteiger partial charge in [0.25, 0.3) is 0 Å². The van der Waals surface area contributed by atoms with Crippen LogP contribution in [0.4, 0.5) is 0 Å². The van der Waals surface area contributed by atoms with Gasteiger partial charge in [0.1, 0.15) is 23.0 Å². The van der Waals surface area contributed by atoms with Gasteiger partial charge in [-0.2, -0.15) is 19.9 Å². The molecule has 12 heteroatoms. The van der Waals surface area contributed by atoms with E-state index in [1.54, 1.807) is 0 Å². The molecule has 8 aromatic carbocycles. The summed E-state index contributed by atoms with van der Waals surface area (Å²) in [5.74, 6) is 2.20. The highest BCUT2D eigenvalue weighted by Gasteiger charge is 2.25. The second kappa shape index (κ2) is 19.0. The van der Waals surface area contributed by atoms with Crippen molar-refractivity contribution in [2.75, 3.05) is 0 Å². The molecule has 0 N–H and O–H groups in total. The molecule has 0 amide bonds. The number of nitrogens with zero attached hydrogens (tertiary/aromatic N) is 6. The van der Waals surface area contributed by atoms with E-state index in [1.165, 1.54) is 0 Å². The van der Waals surface area contributed by atoms with Crippen molar-refractivity contribution in [3.8, 4) is 47.0 Å².